The van der Waals surface area contributed by atoms with Crippen LogP contribution in [0.2, 0.25) is 0 Å². The average Bonchev–Trinajstić information content (AvgIpc) is 3.06. The first-order chi connectivity index (χ1) is 12.3. The Morgan fingerprint density at radius 3 is 2.46 bits per heavy atom. The zero-order chi connectivity index (χ0) is 18.7. The normalized spacial score (nSPS) is 12.7. The fourth-order valence-electron chi connectivity index (χ4n) is 2.63. The largest absolute Gasteiger partial charge is 0.454 e. The smallest absolute Gasteiger partial charge is 0.243 e. The van der Waals surface area contributed by atoms with Crippen molar-refractivity contribution < 1.29 is 22.7 Å². The van der Waals surface area contributed by atoms with Gasteiger partial charge >= 0.3 is 0 Å². The van der Waals surface area contributed by atoms with Crippen LogP contribution in [0.15, 0.2) is 48.5 Å². The van der Waals surface area contributed by atoms with E-state index < -0.39 is 10.0 Å². The SMILES string of the molecule is CN(Cc1ccccc1)C(=O)CN(c1ccc2c(c1)OCO2)S(C)(=O)=O. The zero-order valence-electron chi connectivity index (χ0n) is 14.6. The number of fused-ring (bicyclic) bond motifs is 1. The van der Waals surface area contributed by atoms with Crippen LogP contribution in [-0.4, -0.2) is 45.9 Å². The maximum atomic E-state index is 12.6. The van der Waals surface area contributed by atoms with Gasteiger partial charge in [-0.05, 0) is 17.7 Å². The van der Waals surface area contributed by atoms with Gasteiger partial charge in [-0.25, -0.2) is 8.42 Å². The van der Waals surface area contributed by atoms with Crippen LogP contribution in [0.5, 0.6) is 11.5 Å². The quantitative estimate of drug-likeness (QED) is 0.769. The van der Waals surface area contributed by atoms with Gasteiger partial charge in [0.25, 0.3) is 0 Å². The molecular formula is C18H20N2O5S. The molecule has 2 aromatic rings. The first-order valence-electron chi connectivity index (χ1n) is 8.00. The van der Waals surface area contributed by atoms with Gasteiger partial charge in [0.1, 0.15) is 6.54 Å². The molecular weight excluding hydrogens is 356 g/mol. The maximum absolute atomic E-state index is 12.6. The monoisotopic (exact) mass is 376 g/mol. The Morgan fingerprint density at radius 1 is 1.08 bits per heavy atom. The van der Waals surface area contributed by atoms with Gasteiger partial charge in [-0.2, -0.15) is 0 Å². The Labute approximate surface area is 152 Å². The van der Waals surface area contributed by atoms with Gasteiger partial charge < -0.3 is 14.4 Å². The summed E-state index contributed by atoms with van der Waals surface area (Å²) in [6, 6.07) is 14.3. The van der Waals surface area contributed by atoms with Crippen molar-refractivity contribution in [2.24, 2.45) is 0 Å². The molecule has 0 N–H and O–H groups in total. The van der Waals surface area contributed by atoms with E-state index in [0.717, 1.165) is 16.1 Å². The number of hydrogen-bond acceptors (Lipinski definition) is 5. The van der Waals surface area contributed by atoms with Crippen LogP contribution >= 0.6 is 0 Å². The first-order valence-corrected chi connectivity index (χ1v) is 9.84. The lowest BCUT2D eigenvalue weighted by atomic mass is 10.2. The predicted molar refractivity (Wildman–Crippen MR) is 97.7 cm³/mol. The Kier molecular flexibility index (Phi) is 5.03. The molecule has 2 aromatic carbocycles. The summed E-state index contributed by atoms with van der Waals surface area (Å²) in [6.45, 7) is 0.205. The van der Waals surface area contributed by atoms with Gasteiger partial charge in [0.05, 0.1) is 11.9 Å². The summed E-state index contributed by atoms with van der Waals surface area (Å²) < 4.78 is 36.1. The molecule has 1 aliphatic heterocycles. The number of anilines is 1. The van der Waals surface area contributed by atoms with Gasteiger partial charge in [-0.15, -0.1) is 0 Å². The number of likely N-dealkylation sites (N-methyl/N-ethyl adjacent to an activating group) is 1. The van der Waals surface area contributed by atoms with Crippen molar-refractivity contribution in [2.45, 2.75) is 6.54 Å². The van der Waals surface area contributed by atoms with Crippen molar-refractivity contribution in [2.75, 3.05) is 30.9 Å². The van der Waals surface area contributed by atoms with Crippen molar-refractivity contribution in [1.82, 2.24) is 4.90 Å². The number of amides is 1. The van der Waals surface area contributed by atoms with Crippen molar-refractivity contribution in [3.05, 3.63) is 54.1 Å². The summed E-state index contributed by atoms with van der Waals surface area (Å²) in [5.41, 5.74) is 1.33. The topological polar surface area (TPSA) is 76.2 Å². The Morgan fingerprint density at radius 2 is 1.77 bits per heavy atom. The molecule has 0 radical (unpaired) electrons. The van der Waals surface area contributed by atoms with E-state index in [0.29, 0.717) is 23.7 Å². The predicted octanol–water partition coefficient (Wildman–Crippen LogP) is 1.84. The van der Waals surface area contributed by atoms with E-state index in [1.807, 2.05) is 30.3 Å². The lowest BCUT2D eigenvalue weighted by molar-refractivity contribution is -0.128. The number of carbonyl (C=O) groups is 1. The molecule has 0 bridgehead atoms. The third-order valence-corrected chi connectivity index (χ3v) is 5.15. The van der Waals surface area contributed by atoms with Gasteiger partial charge in [0.2, 0.25) is 22.7 Å². The number of benzene rings is 2. The van der Waals surface area contributed by atoms with Gasteiger partial charge in [0.15, 0.2) is 11.5 Å². The highest BCUT2D eigenvalue weighted by molar-refractivity contribution is 7.92. The molecule has 1 heterocycles. The van der Waals surface area contributed by atoms with Gasteiger partial charge in [-0.3, -0.25) is 9.10 Å². The number of carbonyl (C=O) groups excluding carboxylic acids is 1. The molecule has 0 unspecified atom stereocenters. The van der Waals surface area contributed by atoms with E-state index in [2.05, 4.69) is 0 Å². The van der Waals surface area contributed by atoms with Crippen molar-refractivity contribution in [3.8, 4) is 11.5 Å². The Balaban J connectivity index is 1.77. The lowest BCUT2D eigenvalue weighted by Gasteiger charge is -2.25. The minimum absolute atomic E-state index is 0.0937. The molecule has 0 aliphatic carbocycles. The highest BCUT2D eigenvalue weighted by Gasteiger charge is 2.25. The summed E-state index contributed by atoms with van der Waals surface area (Å²) in [5.74, 6) is 0.702. The van der Waals surface area contributed by atoms with Crippen LogP contribution in [0.3, 0.4) is 0 Å². The third-order valence-electron chi connectivity index (χ3n) is 4.01. The van der Waals surface area contributed by atoms with E-state index in [1.54, 1.807) is 25.2 Å². The fourth-order valence-corrected chi connectivity index (χ4v) is 3.47. The number of sulfonamides is 1. The number of hydrogen-bond donors (Lipinski definition) is 0. The van der Waals surface area contributed by atoms with E-state index in [9.17, 15) is 13.2 Å². The molecule has 0 saturated heterocycles. The van der Waals surface area contributed by atoms with E-state index in [4.69, 9.17) is 9.47 Å². The Bertz CT molecular complexity index is 899. The number of nitrogens with zero attached hydrogens (tertiary/aromatic N) is 2. The summed E-state index contributed by atoms with van der Waals surface area (Å²) in [6.07, 6.45) is 1.07. The summed E-state index contributed by atoms with van der Waals surface area (Å²) in [7, 11) is -2.00. The molecule has 0 aromatic heterocycles. The molecule has 0 spiro atoms. The second kappa shape index (κ2) is 7.25. The fraction of sp³-hybridized carbons (Fsp3) is 0.278. The number of ether oxygens (including phenoxy) is 2. The van der Waals surface area contributed by atoms with Crippen LogP contribution in [-0.2, 0) is 21.4 Å². The highest BCUT2D eigenvalue weighted by Crippen LogP contribution is 2.36. The van der Waals surface area contributed by atoms with Crippen LogP contribution in [0.1, 0.15) is 5.56 Å². The molecule has 3 rings (SSSR count). The molecule has 0 atom stereocenters. The molecule has 0 saturated carbocycles. The second-order valence-corrected chi connectivity index (χ2v) is 7.95. The molecule has 138 valence electrons. The molecule has 8 heteroatoms. The van der Waals surface area contributed by atoms with Crippen LogP contribution in [0, 0.1) is 0 Å². The second-order valence-electron chi connectivity index (χ2n) is 6.04. The minimum atomic E-state index is -3.65. The van der Waals surface area contributed by atoms with E-state index in [-0.39, 0.29) is 19.2 Å². The zero-order valence-corrected chi connectivity index (χ0v) is 15.4. The van der Waals surface area contributed by atoms with E-state index >= 15 is 0 Å². The van der Waals surface area contributed by atoms with Crippen LogP contribution < -0.4 is 13.8 Å². The average molecular weight is 376 g/mol. The van der Waals surface area contributed by atoms with Gasteiger partial charge in [-0.1, -0.05) is 30.3 Å². The summed E-state index contributed by atoms with van der Waals surface area (Å²) in [5, 5.41) is 0. The van der Waals surface area contributed by atoms with Crippen molar-refractivity contribution in [1.29, 1.82) is 0 Å². The standard InChI is InChI=1S/C18H20N2O5S/c1-19(11-14-6-4-3-5-7-14)18(21)12-20(26(2,22)23)15-8-9-16-17(10-15)25-13-24-16/h3-10H,11-13H2,1-2H3. The molecule has 1 amide bonds. The van der Waals surface area contributed by atoms with Crippen molar-refractivity contribution >= 4 is 21.6 Å². The highest BCUT2D eigenvalue weighted by atomic mass is 32.2. The van der Waals surface area contributed by atoms with Crippen LogP contribution in [0.25, 0.3) is 0 Å². The summed E-state index contributed by atoms with van der Waals surface area (Å²) >= 11 is 0. The molecule has 1 aliphatic rings. The van der Waals surface area contributed by atoms with Gasteiger partial charge in [0, 0.05) is 19.7 Å². The summed E-state index contributed by atoms with van der Waals surface area (Å²) in [4.78, 5) is 14.1. The molecule has 26 heavy (non-hydrogen) atoms. The van der Waals surface area contributed by atoms with Crippen molar-refractivity contribution in [3.63, 3.8) is 0 Å². The number of rotatable bonds is 6. The minimum Gasteiger partial charge on any atom is -0.454 e. The maximum Gasteiger partial charge on any atom is 0.243 e. The third kappa shape index (κ3) is 4.08. The van der Waals surface area contributed by atoms with Crippen LogP contribution in [0.4, 0.5) is 5.69 Å². The molecule has 7 nitrogen and oxygen atoms in total. The first kappa shape index (κ1) is 18.1. The molecule has 0 fully saturated rings. The Hall–Kier alpha value is -2.74. The van der Waals surface area contributed by atoms with E-state index in [1.165, 1.54) is 4.90 Å². The lowest BCUT2D eigenvalue weighted by Crippen LogP contribution is -2.41.